The van der Waals surface area contributed by atoms with Crippen LogP contribution >= 0.6 is 12.4 Å². The van der Waals surface area contributed by atoms with E-state index in [1.165, 1.54) is 6.07 Å². The molecule has 0 atom stereocenters. The van der Waals surface area contributed by atoms with Crippen molar-refractivity contribution in [2.75, 3.05) is 44.7 Å². The standard InChI is InChI=1S/C17H26N4O4.ClH/c1-19(15-5-2-3-6-16(15)21(23)24)13-17(22)20-10-7-14(8-11-20)25-12-4-9-18;/h2-3,5-6,14H,4,7-13,18H2,1H3;1H. The minimum Gasteiger partial charge on any atom is -0.378 e. The Kier molecular flexibility index (Phi) is 9.32. The number of anilines is 1. The predicted molar refractivity (Wildman–Crippen MR) is 103 cm³/mol. The highest BCUT2D eigenvalue weighted by Crippen LogP contribution is 2.26. The predicted octanol–water partition coefficient (Wildman–Crippen LogP) is 1.81. The van der Waals surface area contributed by atoms with Gasteiger partial charge >= 0.3 is 0 Å². The van der Waals surface area contributed by atoms with Crippen LogP contribution in [-0.4, -0.2) is 61.7 Å². The van der Waals surface area contributed by atoms with E-state index < -0.39 is 4.92 Å². The molecule has 8 nitrogen and oxygen atoms in total. The van der Waals surface area contributed by atoms with Gasteiger partial charge in [0.15, 0.2) is 0 Å². The number of para-hydroxylation sites is 2. The molecule has 1 aliphatic heterocycles. The Bertz CT molecular complexity index is 594. The van der Waals surface area contributed by atoms with Gasteiger partial charge in [-0.05, 0) is 31.9 Å². The number of nitrogens with two attached hydrogens (primary N) is 1. The van der Waals surface area contributed by atoms with Crippen LogP contribution in [0, 0.1) is 10.1 Å². The molecule has 1 saturated heterocycles. The molecule has 26 heavy (non-hydrogen) atoms. The molecule has 146 valence electrons. The van der Waals surface area contributed by atoms with Gasteiger partial charge in [-0.2, -0.15) is 0 Å². The monoisotopic (exact) mass is 386 g/mol. The molecule has 0 saturated carbocycles. The second-order valence-corrected chi connectivity index (χ2v) is 6.20. The number of ether oxygens (including phenoxy) is 1. The van der Waals surface area contributed by atoms with Gasteiger partial charge in [-0.1, -0.05) is 12.1 Å². The number of carbonyl (C=O) groups excluding carboxylic acids is 1. The number of benzene rings is 1. The number of piperidine rings is 1. The SMILES string of the molecule is CN(CC(=O)N1CCC(OCCCN)CC1)c1ccccc1[N+](=O)[O-].Cl. The Morgan fingerprint density at radius 1 is 1.38 bits per heavy atom. The second-order valence-electron chi connectivity index (χ2n) is 6.20. The zero-order chi connectivity index (χ0) is 18.2. The first kappa shape index (κ1) is 22.1. The lowest BCUT2D eigenvalue weighted by molar-refractivity contribution is -0.384. The summed E-state index contributed by atoms with van der Waals surface area (Å²) >= 11 is 0. The number of carbonyl (C=O) groups is 1. The van der Waals surface area contributed by atoms with E-state index in [1.54, 1.807) is 35.0 Å². The van der Waals surface area contributed by atoms with Crippen molar-refractivity contribution >= 4 is 29.7 Å². The first-order chi connectivity index (χ1) is 12.0. The summed E-state index contributed by atoms with van der Waals surface area (Å²) in [6, 6.07) is 6.45. The molecule has 2 rings (SSSR count). The Hall–Kier alpha value is -1.90. The lowest BCUT2D eigenvalue weighted by Gasteiger charge is -2.33. The van der Waals surface area contributed by atoms with E-state index in [1.807, 2.05) is 0 Å². The van der Waals surface area contributed by atoms with Gasteiger partial charge in [0.2, 0.25) is 5.91 Å². The van der Waals surface area contributed by atoms with E-state index in [0.29, 0.717) is 31.9 Å². The van der Waals surface area contributed by atoms with Crippen molar-refractivity contribution in [2.24, 2.45) is 5.73 Å². The third kappa shape index (κ3) is 6.12. The molecule has 0 aromatic heterocycles. The normalized spacial score (nSPS) is 14.6. The lowest BCUT2D eigenvalue weighted by atomic mass is 10.1. The van der Waals surface area contributed by atoms with E-state index in [9.17, 15) is 14.9 Å². The van der Waals surface area contributed by atoms with Gasteiger partial charge in [-0.15, -0.1) is 12.4 Å². The van der Waals surface area contributed by atoms with Crippen molar-refractivity contribution in [3.05, 3.63) is 34.4 Å². The number of hydrogen-bond donors (Lipinski definition) is 1. The van der Waals surface area contributed by atoms with Crippen LogP contribution in [0.3, 0.4) is 0 Å². The maximum absolute atomic E-state index is 12.5. The molecule has 0 unspecified atom stereocenters. The number of nitro groups is 1. The minimum absolute atomic E-state index is 0. The quantitative estimate of drug-likeness (QED) is 0.415. The Labute approximate surface area is 159 Å². The molecule has 1 amide bonds. The van der Waals surface area contributed by atoms with Gasteiger partial charge < -0.3 is 20.3 Å². The molecule has 0 aliphatic carbocycles. The number of likely N-dealkylation sites (N-methyl/N-ethyl adjacent to an activating group) is 1. The van der Waals surface area contributed by atoms with Gasteiger partial charge in [0.1, 0.15) is 5.69 Å². The molecule has 1 aromatic rings. The molecule has 0 bridgehead atoms. The zero-order valence-electron chi connectivity index (χ0n) is 15.0. The molecule has 0 radical (unpaired) electrons. The topological polar surface area (TPSA) is 102 Å². The summed E-state index contributed by atoms with van der Waals surface area (Å²) in [6.07, 6.45) is 2.65. The fourth-order valence-corrected chi connectivity index (χ4v) is 2.93. The van der Waals surface area contributed by atoms with Crippen LogP contribution in [-0.2, 0) is 9.53 Å². The smallest absolute Gasteiger partial charge is 0.292 e. The molecule has 1 fully saturated rings. The fourth-order valence-electron chi connectivity index (χ4n) is 2.93. The molecular formula is C17H27ClN4O4. The Morgan fingerprint density at radius 2 is 2.04 bits per heavy atom. The number of rotatable bonds is 8. The summed E-state index contributed by atoms with van der Waals surface area (Å²) in [6.45, 7) is 2.70. The van der Waals surface area contributed by atoms with Gasteiger partial charge in [-0.3, -0.25) is 14.9 Å². The number of likely N-dealkylation sites (tertiary alicyclic amines) is 1. The number of amides is 1. The molecule has 2 N–H and O–H groups in total. The van der Waals surface area contributed by atoms with Crippen molar-refractivity contribution < 1.29 is 14.5 Å². The van der Waals surface area contributed by atoms with E-state index in [0.717, 1.165) is 19.3 Å². The Morgan fingerprint density at radius 3 is 2.65 bits per heavy atom. The molecule has 1 aromatic carbocycles. The summed E-state index contributed by atoms with van der Waals surface area (Å²) in [4.78, 5) is 26.6. The van der Waals surface area contributed by atoms with Crippen molar-refractivity contribution in [1.29, 1.82) is 0 Å². The first-order valence-corrected chi connectivity index (χ1v) is 8.57. The molecule has 9 heteroatoms. The number of halogens is 1. The number of nitrogens with zero attached hydrogens (tertiary/aromatic N) is 3. The average Bonchev–Trinajstić information content (AvgIpc) is 2.62. The van der Waals surface area contributed by atoms with Crippen LogP contribution in [0.4, 0.5) is 11.4 Å². The third-order valence-corrected chi connectivity index (χ3v) is 4.36. The van der Waals surface area contributed by atoms with Gasteiger partial charge in [0, 0.05) is 32.8 Å². The van der Waals surface area contributed by atoms with Crippen molar-refractivity contribution in [2.45, 2.75) is 25.4 Å². The van der Waals surface area contributed by atoms with Crippen LogP contribution < -0.4 is 10.6 Å². The minimum atomic E-state index is -0.430. The summed E-state index contributed by atoms with van der Waals surface area (Å²) < 4.78 is 5.74. The average molecular weight is 387 g/mol. The van der Waals surface area contributed by atoms with E-state index in [4.69, 9.17) is 10.5 Å². The number of nitro benzene ring substituents is 1. The van der Waals surface area contributed by atoms with Gasteiger partial charge in [0.05, 0.1) is 17.6 Å². The van der Waals surface area contributed by atoms with Crippen molar-refractivity contribution in [3.63, 3.8) is 0 Å². The van der Waals surface area contributed by atoms with Gasteiger partial charge in [-0.25, -0.2) is 0 Å². The zero-order valence-corrected chi connectivity index (χ0v) is 15.8. The first-order valence-electron chi connectivity index (χ1n) is 8.57. The van der Waals surface area contributed by atoms with E-state index in [2.05, 4.69) is 0 Å². The maximum Gasteiger partial charge on any atom is 0.292 e. The molecule has 0 spiro atoms. The van der Waals surface area contributed by atoms with Crippen LogP contribution in [0.25, 0.3) is 0 Å². The molecule has 1 aliphatic rings. The second kappa shape index (κ2) is 10.9. The highest BCUT2D eigenvalue weighted by Gasteiger charge is 2.25. The van der Waals surface area contributed by atoms with E-state index in [-0.39, 0.29) is 36.7 Å². The summed E-state index contributed by atoms with van der Waals surface area (Å²) in [5, 5.41) is 11.1. The van der Waals surface area contributed by atoms with Crippen molar-refractivity contribution in [1.82, 2.24) is 4.90 Å². The molecular weight excluding hydrogens is 360 g/mol. The summed E-state index contributed by atoms with van der Waals surface area (Å²) in [5.41, 5.74) is 5.90. The van der Waals surface area contributed by atoms with Crippen LogP contribution in [0.5, 0.6) is 0 Å². The van der Waals surface area contributed by atoms with E-state index >= 15 is 0 Å². The third-order valence-electron chi connectivity index (χ3n) is 4.36. The highest BCUT2D eigenvalue weighted by atomic mass is 35.5. The fraction of sp³-hybridized carbons (Fsp3) is 0.588. The van der Waals surface area contributed by atoms with Crippen LogP contribution in [0.15, 0.2) is 24.3 Å². The number of hydrogen-bond acceptors (Lipinski definition) is 6. The highest BCUT2D eigenvalue weighted by molar-refractivity contribution is 5.85. The lowest BCUT2D eigenvalue weighted by Crippen LogP contribution is -2.45. The largest absolute Gasteiger partial charge is 0.378 e. The van der Waals surface area contributed by atoms with Crippen molar-refractivity contribution in [3.8, 4) is 0 Å². The van der Waals surface area contributed by atoms with Crippen LogP contribution in [0.1, 0.15) is 19.3 Å². The maximum atomic E-state index is 12.5. The van der Waals surface area contributed by atoms with Gasteiger partial charge in [0.25, 0.3) is 5.69 Å². The summed E-state index contributed by atoms with van der Waals surface area (Å²) in [7, 11) is 1.70. The molecule has 1 heterocycles. The summed E-state index contributed by atoms with van der Waals surface area (Å²) in [5.74, 6) is -0.0268. The Balaban J connectivity index is 0.00000338. The van der Waals surface area contributed by atoms with Crippen LogP contribution in [0.2, 0.25) is 0 Å².